The molecule has 2 saturated heterocycles. The van der Waals surface area contributed by atoms with E-state index in [9.17, 15) is 0 Å². The van der Waals surface area contributed by atoms with Crippen LogP contribution >= 0.6 is 0 Å². The molecule has 1 N–H and O–H groups in total. The predicted octanol–water partition coefficient (Wildman–Crippen LogP) is 2.41. The van der Waals surface area contributed by atoms with Gasteiger partial charge in [0.25, 0.3) is 0 Å². The summed E-state index contributed by atoms with van der Waals surface area (Å²) in [6.07, 6.45) is 5.98. The van der Waals surface area contributed by atoms with E-state index in [0.717, 1.165) is 19.6 Å². The molecule has 18 heavy (non-hydrogen) atoms. The summed E-state index contributed by atoms with van der Waals surface area (Å²) in [7, 11) is 0. The molecule has 0 bridgehead atoms. The highest BCUT2D eigenvalue weighted by Gasteiger charge is 2.34. The van der Waals surface area contributed by atoms with E-state index in [0.29, 0.717) is 18.2 Å². The number of hydrogen-bond donors (Lipinski definition) is 1. The Morgan fingerprint density at radius 2 is 2.11 bits per heavy atom. The second-order valence-corrected chi connectivity index (χ2v) is 6.78. The third kappa shape index (κ3) is 3.69. The number of rotatable bonds is 4. The molecule has 2 rings (SSSR count). The fourth-order valence-corrected chi connectivity index (χ4v) is 3.33. The number of ether oxygens (including phenoxy) is 1. The second-order valence-electron chi connectivity index (χ2n) is 6.78. The van der Waals surface area contributed by atoms with Crippen molar-refractivity contribution in [2.45, 2.75) is 77.2 Å². The van der Waals surface area contributed by atoms with Gasteiger partial charge < -0.3 is 10.1 Å². The zero-order valence-electron chi connectivity index (χ0n) is 12.5. The summed E-state index contributed by atoms with van der Waals surface area (Å²) < 4.78 is 6.00. The molecule has 2 fully saturated rings. The van der Waals surface area contributed by atoms with Gasteiger partial charge >= 0.3 is 0 Å². The van der Waals surface area contributed by atoms with E-state index in [1.807, 2.05) is 0 Å². The molecule has 0 amide bonds. The summed E-state index contributed by atoms with van der Waals surface area (Å²) in [5.74, 6) is 0. The van der Waals surface area contributed by atoms with Gasteiger partial charge in [0.15, 0.2) is 0 Å². The molecule has 3 atom stereocenters. The summed E-state index contributed by atoms with van der Waals surface area (Å²) in [4.78, 5) is 2.67. The van der Waals surface area contributed by atoms with Gasteiger partial charge in [-0.15, -0.1) is 0 Å². The number of nitrogens with one attached hydrogen (secondary N) is 1. The Morgan fingerprint density at radius 1 is 1.33 bits per heavy atom. The molecule has 3 heteroatoms. The van der Waals surface area contributed by atoms with Crippen LogP contribution in [0.4, 0.5) is 0 Å². The van der Waals surface area contributed by atoms with Gasteiger partial charge in [-0.2, -0.15) is 0 Å². The third-order valence-electron chi connectivity index (χ3n) is 4.31. The van der Waals surface area contributed by atoms with Crippen molar-refractivity contribution in [3.05, 3.63) is 0 Å². The van der Waals surface area contributed by atoms with Gasteiger partial charge in [0.1, 0.15) is 0 Å². The van der Waals surface area contributed by atoms with Crippen molar-refractivity contribution in [3.8, 4) is 0 Å². The Morgan fingerprint density at radius 3 is 2.72 bits per heavy atom. The van der Waals surface area contributed by atoms with Crippen LogP contribution in [-0.4, -0.2) is 48.3 Å². The Hall–Kier alpha value is -0.120. The Kier molecular flexibility index (Phi) is 4.68. The fraction of sp³-hybridized carbons (Fsp3) is 1.00. The Labute approximate surface area is 112 Å². The minimum Gasteiger partial charge on any atom is -0.374 e. The van der Waals surface area contributed by atoms with Gasteiger partial charge in [-0.1, -0.05) is 13.3 Å². The third-order valence-corrected chi connectivity index (χ3v) is 4.31. The van der Waals surface area contributed by atoms with E-state index in [1.165, 1.54) is 25.7 Å². The van der Waals surface area contributed by atoms with E-state index in [2.05, 4.69) is 37.9 Å². The molecule has 3 unspecified atom stereocenters. The van der Waals surface area contributed by atoms with Crippen molar-refractivity contribution >= 4 is 0 Å². The van der Waals surface area contributed by atoms with Gasteiger partial charge in [0.05, 0.1) is 12.2 Å². The van der Waals surface area contributed by atoms with Gasteiger partial charge in [0, 0.05) is 31.2 Å². The van der Waals surface area contributed by atoms with Crippen LogP contribution in [-0.2, 0) is 4.74 Å². The lowest BCUT2D eigenvalue weighted by Gasteiger charge is -2.45. The molecule has 0 aromatic rings. The van der Waals surface area contributed by atoms with Crippen molar-refractivity contribution in [1.29, 1.82) is 0 Å². The Bertz CT molecular complexity index is 267. The fourth-order valence-electron chi connectivity index (χ4n) is 3.33. The number of nitrogens with zero attached hydrogens (tertiary/aromatic N) is 1. The van der Waals surface area contributed by atoms with Crippen molar-refractivity contribution in [1.82, 2.24) is 10.2 Å². The summed E-state index contributed by atoms with van der Waals surface area (Å²) in [5.41, 5.74) is 0.245. The van der Waals surface area contributed by atoms with Crippen LogP contribution in [0, 0.1) is 0 Å². The van der Waals surface area contributed by atoms with Crippen molar-refractivity contribution < 1.29 is 4.74 Å². The average Bonchev–Trinajstić information content (AvgIpc) is 2.68. The first-order chi connectivity index (χ1) is 8.50. The molecule has 2 aliphatic rings. The summed E-state index contributed by atoms with van der Waals surface area (Å²) in [6, 6.07) is 0.697. The standard InChI is InChI=1S/C15H30N2O/c1-5-6-13-9-16-15(3,4)11-17(13)10-14-8-7-12(2)18-14/h12-14,16H,5-11H2,1-4H3. The Balaban J connectivity index is 1.92. The lowest BCUT2D eigenvalue weighted by Crippen LogP contribution is -2.62. The van der Waals surface area contributed by atoms with Crippen molar-refractivity contribution in [3.63, 3.8) is 0 Å². The maximum atomic E-state index is 6.00. The van der Waals surface area contributed by atoms with Gasteiger partial charge in [0.2, 0.25) is 0 Å². The zero-order valence-corrected chi connectivity index (χ0v) is 12.5. The molecular weight excluding hydrogens is 224 g/mol. The van der Waals surface area contributed by atoms with Gasteiger partial charge in [-0.05, 0) is 40.0 Å². The van der Waals surface area contributed by atoms with E-state index in [4.69, 9.17) is 4.74 Å². The molecule has 2 aliphatic heterocycles. The average molecular weight is 254 g/mol. The molecule has 0 saturated carbocycles. The highest BCUT2D eigenvalue weighted by atomic mass is 16.5. The van der Waals surface area contributed by atoms with E-state index in [1.54, 1.807) is 0 Å². The van der Waals surface area contributed by atoms with Crippen LogP contribution in [0.15, 0.2) is 0 Å². The first-order valence-corrected chi connectivity index (χ1v) is 7.64. The molecule has 2 heterocycles. The van der Waals surface area contributed by atoms with E-state index >= 15 is 0 Å². The zero-order chi connectivity index (χ0) is 13.2. The van der Waals surface area contributed by atoms with E-state index < -0.39 is 0 Å². The number of hydrogen-bond acceptors (Lipinski definition) is 3. The van der Waals surface area contributed by atoms with Crippen LogP contribution in [0.2, 0.25) is 0 Å². The minimum atomic E-state index is 0.245. The first-order valence-electron chi connectivity index (χ1n) is 7.64. The largest absolute Gasteiger partial charge is 0.374 e. The maximum Gasteiger partial charge on any atom is 0.0706 e. The van der Waals surface area contributed by atoms with Gasteiger partial charge in [-0.25, -0.2) is 0 Å². The topological polar surface area (TPSA) is 24.5 Å². The monoisotopic (exact) mass is 254 g/mol. The maximum absolute atomic E-state index is 6.00. The normalized spacial score (nSPS) is 37.0. The molecule has 0 radical (unpaired) electrons. The second kappa shape index (κ2) is 5.89. The van der Waals surface area contributed by atoms with Crippen LogP contribution in [0.25, 0.3) is 0 Å². The van der Waals surface area contributed by atoms with Crippen LogP contribution in [0.3, 0.4) is 0 Å². The summed E-state index contributed by atoms with van der Waals surface area (Å²) in [5, 5.41) is 3.67. The lowest BCUT2D eigenvalue weighted by molar-refractivity contribution is 0.00107. The van der Waals surface area contributed by atoms with E-state index in [-0.39, 0.29) is 5.54 Å². The molecule has 0 spiro atoms. The molecular formula is C15H30N2O. The minimum absolute atomic E-state index is 0.245. The van der Waals surface area contributed by atoms with Crippen LogP contribution < -0.4 is 5.32 Å². The van der Waals surface area contributed by atoms with Crippen LogP contribution in [0.1, 0.15) is 53.4 Å². The SMILES string of the molecule is CCCC1CNC(C)(C)CN1CC1CCC(C)O1. The van der Waals surface area contributed by atoms with Crippen LogP contribution in [0.5, 0.6) is 0 Å². The summed E-state index contributed by atoms with van der Waals surface area (Å²) in [6.45, 7) is 12.5. The molecule has 3 nitrogen and oxygen atoms in total. The first kappa shape index (κ1) is 14.3. The van der Waals surface area contributed by atoms with Gasteiger partial charge in [-0.3, -0.25) is 4.90 Å². The lowest BCUT2D eigenvalue weighted by atomic mass is 9.96. The quantitative estimate of drug-likeness (QED) is 0.834. The predicted molar refractivity (Wildman–Crippen MR) is 75.9 cm³/mol. The summed E-state index contributed by atoms with van der Waals surface area (Å²) >= 11 is 0. The van der Waals surface area contributed by atoms with Crippen molar-refractivity contribution in [2.24, 2.45) is 0 Å². The molecule has 0 aromatic heterocycles. The highest BCUT2D eigenvalue weighted by molar-refractivity contribution is 4.93. The molecule has 0 aromatic carbocycles. The van der Waals surface area contributed by atoms with Crippen molar-refractivity contribution in [2.75, 3.05) is 19.6 Å². The molecule has 0 aliphatic carbocycles. The smallest absolute Gasteiger partial charge is 0.0706 e. The molecule has 106 valence electrons. The number of piperazine rings is 1. The highest BCUT2D eigenvalue weighted by Crippen LogP contribution is 2.24.